The molecule has 0 aromatic heterocycles. The van der Waals surface area contributed by atoms with Crippen molar-refractivity contribution in [1.29, 1.82) is 0 Å². The van der Waals surface area contributed by atoms with Crippen molar-refractivity contribution in [2.75, 3.05) is 25.0 Å². The lowest BCUT2D eigenvalue weighted by Gasteiger charge is -2.06. The first kappa shape index (κ1) is 18.8. The van der Waals surface area contributed by atoms with E-state index in [0.717, 1.165) is 13.1 Å². The minimum atomic E-state index is -0.627. The Bertz CT molecular complexity index is 454. The summed E-state index contributed by atoms with van der Waals surface area (Å²) >= 11 is 0. The first-order valence-corrected chi connectivity index (χ1v) is 6.76. The van der Waals surface area contributed by atoms with Gasteiger partial charge in [0.2, 0.25) is 0 Å². The van der Waals surface area contributed by atoms with Crippen LogP contribution in [0.15, 0.2) is 12.1 Å². The summed E-state index contributed by atoms with van der Waals surface area (Å²) in [5.41, 5.74) is -0.0924. The van der Waals surface area contributed by atoms with E-state index in [1.165, 1.54) is 12.1 Å². The van der Waals surface area contributed by atoms with Gasteiger partial charge < -0.3 is 10.6 Å². The molecule has 118 valence electrons. The average molecular weight is 298 g/mol. The first-order valence-electron chi connectivity index (χ1n) is 6.76. The molecule has 21 heavy (non-hydrogen) atoms. The highest BCUT2D eigenvalue weighted by molar-refractivity contribution is 5.74. The first-order chi connectivity index (χ1) is 9.88. The Morgan fingerprint density at radius 1 is 0.952 bits per heavy atom. The third-order valence-corrected chi connectivity index (χ3v) is 2.49. The van der Waals surface area contributed by atoms with Crippen molar-refractivity contribution in [3.05, 3.63) is 37.9 Å². The quantitative estimate of drug-likeness (QED) is 0.617. The average Bonchev–Trinajstić information content (AvgIpc) is 2.41. The Morgan fingerprint density at radius 2 is 1.38 bits per heavy atom. The Morgan fingerprint density at radius 3 is 1.62 bits per heavy atom. The largest absolute Gasteiger partial charge is 0.374 e. The molecule has 2 N–H and O–H groups in total. The lowest BCUT2D eigenvalue weighted by molar-refractivity contribution is -0.392. The lowest BCUT2D eigenvalue weighted by atomic mass is 10.1. The number of nitro benzene ring substituents is 2. The highest BCUT2D eigenvalue weighted by Crippen LogP contribution is 2.35. The molecular weight excluding hydrogens is 276 g/mol. The monoisotopic (exact) mass is 298 g/mol. The van der Waals surface area contributed by atoms with Crippen LogP contribution in [0.25, 0.3) is 0 Å². The Balaban J connectivity index is 0.000000690. The predicted octanol–water partition coefficient (Wildman–Crippen LogP) is 2.86. The van der Waals surface area contributed by atoms with Crippen LogP contribution in [0.4, 0.5) is 17.1 Å². The number of hydrogen-bond acceptors (Lipinski definition) is 6. The van der Waals surface area contributed by atoms with Crippen LogP contribution >= 0.6 is 0 Å². The molecule has 8 heteroatoms. The van der Waals surface area contributed by atoms with Gasteiger partial charge in [-0.05, 0) is 32.5 Å². The van der Waals surface area contributed by atoms with Gasteiger partial charge in [-0.15, -0.1) is 0 Å². The van der Waals surface area contributed by atoms with Gasteiger partial charge in [0.1, 0.15) is 0 Å². The topological polar surface area (TPSA) is 110 Å². The van der Waals surface area contributed by atoms with Crippen molar-refractivity contribution in [3.63, 3.8) is 0 Å². The molecule has 8 nitrogen and oxygen atoms in total. The minimum Gasteiger partial charge on any atom is -0.374 e. The summed E-state index contributed by atoms with van der Waals surface area (Å²) in [4.78, 5) is 20.3. The molecule has 0 heterocycles. The summed E-state index contributed by atoms with van der Waals surface area (Å²) in [6.07, 6.45) is 0. The van der Waals surface area contributed by atoms with Crippen molar-refractivity contribution in [2.24, 2.45) is 0 Å². The molecule has 0 bridgehead atoms. The van der Waals surface area contributed by atoms with E-state index in [9.17, 15) is 20.2 Å². The maximum absolute atomic E-state index is 10.8. The number of benzene rings is 1. The zero-order chi connectivity index (χ0) is 16.4. The highest BCUT2D eigenvalue weighted by atomic mass is 16.6. The maximum atomic E-state index is 10.8. The van der Waals surface area contributed by atoms with Gasteiger partial charge in [0.15, 0.2) is 5.69 Å². The van der Waals surface area contributed by atoms with Crippen LogP contribution in [-0.4, -0.2) is 29.5 Å². The van der Waals surface area contributed by atoms with E-state index in [0.29, 0.717) is 12.1 Å². The fourth-order valence-electron chi connectivity index (χ4n) is 1.64. The van der Waals surface area contributed by atoms with Crippen molar-refractivity contribution in [2.45, 2.75) is 27.7 Å². The summed E-state index contributed by atoms with van der Waals surface area (Å²) < 4.78 is 0. The maximum Gasteiger partial charge on any atom is 0.299 e. The van der Waals surface area contributed by atoms with E-state index in [4.69, 9.17) is 0 Å². The molecule has 0 aliphatic heterocycles. The van der Waals surface area contributed by atoms with Gasteiger partial charge >= 0.3 is 0 Å². The molecule has 1 aromatic carbocycles. The lowest BCUT2D eigenvalue weighted by Crippen LogP contribution is -2.09. The molecule has 0 fully saturated rings. The zero-order valence-electron chi connectivity index (χ0n) is 12.8. The summed E-state index contributed by atoms with van der Waals surface area (Å²) in [6, 6.07) is 2.62. The smallest absolute Gasteiger partial charge is 0.299 e. The van der Waals surface area contributed by atoms with Crippen molar-refractivity contribution in [1.82, 2.24) is 5.32 Å². The number of nitrogens with one attached hydrogen (secondary N) is 2. The summed E-state index contributed by atoms with van der Waals surface area (Å²) in [6.45, 7) is 10.1. The number of rotatable bonds is 6. The van der Waals surface area contributed by atoms with Gasteiger partial charge in [-0.2, -0.15) is 0 Å². The number of nitrogens with zero attached hydrogens (tertiary/aromatic N) is 2. The van der Waals surface area contributed by atoms with E-state index in [-0.39, 0.29) is 17.1 Å². The molecule has 0 saturated heterocycles. The van der Waals surface area contributed by atoms with Crippen molar-refractivity contribution >= 4 is 17.1 Å². The molecule has 0 saturated carbocycles. The van der Waals surface area contributed by atoms with Gasteiger partial charge in [0, 0.05) is 18.7 Å². The van der Waals surface area contributed by atoms with Crippen LogP contribution in [0, 0.1) is 27.2 Å². The van der Waals surface area contributed by atoms with Crippen LogP contribution < -0.4 is 10.6 Å². The number of hydrogen-bond donors (Lipinski definition) is 2. The Hall–Kier alpha value is -2.22. The molecule has 1 aromatic rings. The molecule has 0 amide bonds. The van der Waals surface area contributed by atoms with E-state index in [1.807, 2.05) is 0 Å². The molecule has 0 radical (unpaired) electrons. The number of nitro groups is 2. The van der Waals surface area contributed by atoms with Crippen LogP contribution in [0.2, 0.25) is 0 Å². The third kappa shape index (κ3) is 6.17. The summed E-state index contributed by atoms with van der Waals surface area (Å²) in [7, 11) is 0. The normalized spacial score (nSPS) is 9.52. The van der Waals surface area contributed by atoms with Crippen molar-refractivity contribution in [3.8, 4) is 0 Å². The minimum absolute atomic E-state index is 0.0388. The standard InChI is InChI=1S/C9H11N3O4.C4H11N/c1-3-10-9-7(11(13)14)4-6(2)5-8(9)12(15)16;1-3-5-4-2/h4-5,10H,3H2,1-2H3;5H,3-4H2,1-2H3. The van der Waals surface area contributed by atoms with Crippen LogP contribution in [0.3, 0.4) is 0 Å². The van der Waals surface area contributed by atoms with Crippen molar-refractivity contribution < 1.29 is 9.85 Å². The Kier molecular flexibility index (Phi) is 8.63. The van der Waals surface area contributed by atoms with Gasteiger partial charge in [0.25, 0.3) is 11.4 Å². The third-order valence-electron chi connectivity index (χ3n) is 2.49. The van der Waals surface area contributed by atoms with Gasteiger partial charge in [0.05, 0.1) is 9.85 Å². The molecule has 0 unspecified atom stereocenters. The molecule has 0 spiro atoms. The molecule has 1 rings (SSSR count). The summed E-state index contributed by atoms with van der Waals surface area (Å²) in [5, 5.41) is 27.3. The van der Waals surface area contributed by atoms with E-state index >= 15 is 0 Å². The van der Waals surface area contributed by atoms with Gasteiger partial charge in [-0.1, -0.05) is 13.8 Å². The summed E-state index contributed by atoms with van der Waals surface area (Å²) in [5.74, 6) is 0. The molecule has 0 aliphatic rings. The number of aryl methyl sites for hydroxylation is 1. The van der Waals surface area contributed by atoms with E-state index < -0.39 is 9.85 Å². The Labute approximate surface area is 123 Å². The second kappa shape index (κ2) is 9.65. The fourth-order valence-corrected chi connectivity index (χ4v) is 1.64. The van der Waals surface area contributed by atoms with E-state index in [1.54, 1.807) is 13.8 Å². The van der Waals surface area contributed by atoms with Gasteiger partial charge in [-0.3, -0.25) is 20.2 Å². The molecule has 0 atom stereocenters. The predicted molar refractivity (Wildman–Crippen MR) is 82.9 cm³/mol. The van der Waals surface area contributed by atoms with E-state index in [2.05, 4.69) is 24.5 Å². The van der Waals surface area contributed by atoms with Gasteiger partial charge in [-0.25, -0.2) is 0 Å². The second-order valence-electron chi connectivity index (χ2n) is 4.18. The number of anilines is 1. The zero-order valence-corrected chi connectivity index (χ0v) is 12.8. The second-order valence-corrected chi connectivity index (χ2v) is 4.18. The fraction of sp³-hybridized carbons (Fsp3) is 0.538. The van der Waals surface area contributed by atoms with Crippen LogP contribution in [-0.2, 0) is 0 Å². The SMILES string of the molecule is CCNCC.CCNc1c([N+](=O)[O-])cc(C)cc1[N+](=O)[O-]. The molecule has 0 aliphatic carbocycles. The highest BCUT2D eigenvalue weighted by Gasteiger charge is 2.25. The van der Waals surface area contributed by atoms with Crippen LogP contribution in [0.1, 0.15) is 26.3 Å². The van der Waals surface area contributed by atoms with Crippen LogP contribution in [0.5, 0.6) is 0 Å². The molecular formula is C13H22N4O4.